The van der Waals surface area contributed by atoms with Gasteiger partial charge in [-0.25, -0.2) is 0 Å². The molecule has 0 aromatic carbocycles. The van der Waals surface area contributed by atoms with Gasteiger partial charge in [0.25, 0.3) is 0 Å². The van der Waals surface area contributed by atoms with Gasteiger partial charge in [0.05, 0.1) is 0 Å². The molecule has 0 aliphatic heterocycles. The third-order valence-electron chi connectivity index (χ3n) is 0. The molecule has 0 amide bonds. The predicted octanol–water partition coefficient (Wildman–Crippen LogP) is -2.21. The molecule has 0 heterocycles. The van der Waals surface area contributed by atoms with Crippen LogP contribution in [0.5, 0.6) is 0 Å². The Morgan fingerprint density at radius 3 is 0.700 bits per heavy atom. The quantitative estimate of drug-likeness (QED) is 0.377. The molecule has 0 nitrogen and oxygen atoms in total. The van der Waals surface area contributed by atoms with E-state index in [9.17, 15) is 0 Å². The van der Waals surface area contributed by atoms with Crippen molar-refractivity contribution in [1.29, 1.82) is 0 Å². The van der Waals surface area contributed by atoms with Gasteiger partial charge in [-0.2, -0.15) is 0 Å². The van der Waals surface area contributed by atoms with Crippen molar-refractivity contribution in [2.24, 2.45) is 0 Å². The summed E-state index contributed by atoms with van der Waals surface area (Å²) in [6.07, 6.45) is 0. The fraction of sp³-hybridized carbons (Fsp3) is 0. The first kappa shape index (κ1) is 86.1. The van der Waals surface area contributed by atoms with E-state index in [4.69, 9.17) is 0 Å². The maximum absolute atomic E-state index is 0. The number of hydrogen-bond donors (Lipinski definition) is 0. The molecule has 0 saturated carbocycles. The molecular formula is H13BaCaCl4FKMgNa. The summed E-state index contributed by atoms with van der Waals surface area (Å²) in [6, 6.07) is 0. The average Bonchev–Trinajstić information content (AvgIpc) is 0. The van der Waals surface area contributed by atoms with Gasteiger partial charge >= 0.3 is 191 Å². The molecule has 0 radical (unpaired) electrons. The van der Waals surface area contributed by atoms with Gasteiger partial charge in [-0.3, -0.25) is 4.70 Å². The zero-order chi connectivity index (χ0) is 0. The van der Waals surface area contributed by atoms with Crippen LogP contribution in [0, 0.1) is 0 Å². The molecule has 0 rings (SSSR count). The summed E-state index contributed by atoms with van der Waals surface area (Å²) in [7, 11) is 0. The standard InChI is InChI=1S/Ba.Ca.4ClH.FH.K.Mg.Na.8H/h;;5*1H;;;;;;;;;;;. The van der Waals surface area contributed by atoms with Crippen LogP contribution in [0.1, 0.15) is 0 Å². The van der Waals surface area contributed by atoms with E-state index in [0.717, 1.165) is 0 Å². The van der Waals surface area contributed by atoms with E-state index in [1.54, 1.807) is 0 Å². The maximum atomic E-state index is 0. The minimum atomic E-state index is 0. The molecule has 0 saturated heterocycles. The van der Waals surface area contributed by atoms with Crippen molar-refractivity contribution in [2.45, 2.75) is 0 Å². The molecule has 0 unspecified atom stereocenters. The van der Waals surface area contributed by atoms with Gasteiger partial charge in [-0.1, -0.05) is 0 Å². The Balaban J connectivity index is 0. The predicted molar refractivity (Wildman–Crippen MR) is 71.4 cm³/mol. The summed E-state index contributed by atoms with van der Waals surface area (Å²) in [4.78, 5) is 0. The van der Waals surface area contributed by atoms with E-state index >= 15 is 0 Å². The molecule has 0 aromatic heterocycles. The Kier molecular flexibility index (Phi) is 615. The van der Waals surface area contributed by atoms with E-state index in [1.165, 1.54) is 0 Å². The van der Waals surface area contributed by atoms with Crippen LogP contribution < -0.4 is 0 Å². The Bertz CT molecular complexity index is 25.2. The van der Waals surface area contributed by atoms with Crippen molar-refractivity contribution in [3.63, 3.8) is 0 Å². The van der Waals surface area contributed by atoms with E-state index in [1.807, 2.05) is 0 Å². The molecule has 0 bridgehead atoms. The van der Waals surface area contributed by atoms with Crippen molar-refractivity contribution < 1.29 is 4.70 Å². The van der Waals surface area contributed by atoms with Gasteiger partial charge in [0, 0.05) is 0 Å². The SMILES string of the molecule is Cl.Cl.Cl.Cl.F.[BaH2].[CaH2].[KH].[MgH2].[NaH]. The summed E-state index contributed by atoms with van der Waals surface area (Å²) in [5, 5.41) is 0. The molecule has 0 aliphatic carbocycles. The summed E-state index contributed by atoms with van der Waals surface area (Å²) in [5.74, 6) is 0. The molecule has 0 aromatic rings. The Hall–Kier alpha value is 7.32. The minimum absolute atomic E-state index is 0. The van der Waals surface area contributed by atoms with Crippen LogP contribution in [0.25, 0.3) is 0 Å². The Labute approximate surface area is 237 Å². The van der Waals surface area contributed by atoms with Crippen molar-refractivity contribution >= 4 is 240 Å². The van der Waals surface area contributed by atoms with Crippen LogP contribution in [-0.2, 0) is 0 Å². The topological polar surface area (TPSA) is 0 Å². The average molecular weight is 438 g/mol. The third kappa shape index (κ3) is 58.6. The molecule has 10 heteroatoms. The van der Waals surface area contributed by atoms with Gasteiger partial charge in [0.15, 0.2) is 0 Å². The van der Waals surface area contributed by atoms with E-state index < -0.39 is 0 Å². The molecular weight excluding hydrogens is 425 g/mol. The van der Waals surface area contributed by atoms with E-state index in [-0.39, 0.29) is 245 Å². The van der Waals surface area contributed by atoms with Crippen LogP contribution in [0.4, 0.5) is 4.70 Å². The first-order chi connectivity index (χ1) is 0. The van der Waals surface area contributed by atoms with E-state index in [2.05, 4.69) is 0 Å². The molecule has 0 atom stereocenters. The van der Waals surface area contributed by atoms with Crippen LogP contribution in [-0.4, -0.2) is 191 Å². The van der Waals surface area contributed by atoms with Crippen LogP contribution in [0.2, 0.25) is 0 Å². The molecule has 0 spiro atoms. The molecule has 56 valence electrons. The van der Waals surface area contributed by atoms with Crippen LogP contribution in [0.3, 0.4) is 0 Å². The van der Waals surface area contributed by atoms with Crippen LogP contribution >= 0.6 is 49.6 Å². The van der Waals surface area contributed by atoms with Gasteiger partial charge in [0.1, 0.15) is 0 Å². The van der Waals surface area contributed by atoms with E-state index in [0.29, 0.717) is 0 Å². The molecule has 0 aliphatic rings. The zero-order valence-corrected chi connectivity index (χ0v) is 5.31. The van der Waals surface area contributed by atoms with Crippen LogP contribution in [0.15, 0.2) is 0 Å². The zero-order valence-electron chi connectivity index (χ0n) is 2.04. The Morgan fingerprint density at radius 1 is 0.700 bits per heavy atom. The monoisotopic (exact) mass is 436 g/mol. The molecule has 10 heavy (non-hydrogen) atoms. The second-order valence-electron chi connectivity index (χ2n) is 0. The number of hydrogen-bond acceptors (Lipinski definition) is 0. The van der Waals surface area contributed by atoms with Crippen molar-refractivity contribution in [3.8, 4) is 0 Å². The molecule has 0 N–H and O–H groups in total. The fourth-order valence-corrected chi connectivity index (χ4v) is 0. The normalized spacial score (nSPS) is 0. The first-order valence-corrected chi connectivity index (χ1v) is 0. The second kappa shape index (κ2) is 71.5. The van der Waals surface area contributed by atoms with Gasteiger partial charge in [-0.15, -0.1) is 49.6 Å². The molecule has 0 fully saturated rings. The van der Waals surface area contributed by atoms with Crippen molar-refractivity contribution in [1.82, 2.24) is 0 Å². The fourth-order valence-electron chi connectivity index (χ4n) is 0. The summed E-state index contributed by atoms with van der Waals surface area (Å²) < 4.78 is 0. The summed E-state index contributed by atoms with van der Waals surface area (Å²) in [5.41, 5.74) is 0. The van der Waals surface area contributed by atoms with Crippen molar-refractivity contribution in [3.05, 3.63) is 0 Å². The summed E-state index contributed by atoms with van der Waals surface area (Å²) in [6.45, 7) is 0. The third-order valence-corrected chi connectivity index (χ3v) is 0. The van der Waals surface area contributed by atoms with Gasteiger partial charge < -0.3 is 0 Å². The number of halogens is 5. The summed E-state index contributed by atoms with van der Waals surface area (Å²) >= 11 is 0. The van der Waals surface area contributed by atoms with Gasteiger partial charge in [-0.05, 0) is 0 Å². The first-order valence-electron chi connectivity index (χ1n) is 0. The number of rotatable bonds is 0. The second-order valence-corrected chi connectivity index (χ2v) is 0. The van der Waals surface area contributed by atoms with Gasteiger partial charge in [0.2, 0.25) is 0 Å². The van der Waals surface area contributed by atoms with Crippen molar-refractivity contribution in [2.75, 3.05) is 0 Å². The Morgan fingerprint density at radius 2 is 0.700 bits per heavy atom.